The van der Waals surface area contributed by atoms with Gasteiger partial charge in [-0.2, -0.15) is 0 Å². The summed E-state index contributed by atoms with van der Waals surface area (Å²) in [5.74, 6) is 1.72. The molecular formula is C8H13NO2. The van der Waals surface area contributed by atoms with Gasteiger partial charge in [-0.3, -0.25) is 0 Å². The summed E-state index contributed by atoms with van der Waals surface area (Å²) in [5.41, 5.74) is 5.50. The van der Waals surface area contributed by atoms with Crippen LogP contribution in [0.1, 0.15) is 11.5 Å². The summed E-state index contributed by atoms with van der Waals surface area (Å²) < 4.78 is 5.26. The highest BCUT2D eigenvalue weighted by Crippen LogP contribution is 2.07. The molecule has 1 aromatic rings. The molecule has 3 N–H and O–H groups in total. The maximum Gasteiger partial charge on any atom is 0.105 e. The molecule has 1 rings (SSSR count). The van der Waals surface area contributed by atoms with E-state index in [1.54, 1.807) is 0 Å². The predicted octanol–water partition coefficient (Wildman–Crippen LogP) is 0.450. The molecule has 1 aromatic heterocycles. The molecule has 0 fully saturated rings. The zero-order chi connectivity index (χ0) is 8.27. The van der Waals surface area contributed by atoms with Gasteiger partial charge in [-0.1, -0.05) is 0 Å². The fraction of sp³-hybridized carbons (Fsp3) is 0.500. The molecule has 0 aliphatic rings. The molecule has 3 heteroatoms. The van der Waals surface area contributed by atoms with Gasteiger partial charge in [-0.05, 0) is 19.1 Å². The number of hydrogen-bond acceptors (Lipinski definition) is 3. The number of aliphatic hydroxyl groups is 1. The molecule has 11 heavy (non-hydrogen) atoms. The lowest BCUT2D eigenvalue weighted by Crippen LogP contribution is -2.26. The first-order valence-corrected chi connectivity index (χ1v) is 3.64. The van der Waals surface area contributed by atoms with Crippen molar-refractivity contribution in [2.75, 3.05) is 6.61 Å². The fourth-order valence-electron chi connectivity index (χ4n) is 0.918. The molecule has 1 atom stereocenters. The van der Waals surface area contributed by atoms with Gasteiger partial charge in [0.05, 0.1) is 6.61 Å². The van der Waals surface area contributed by atoms with Crippen molar-refractivity contribution in [2.45, 2.75) is 19.4 Å². The summed E-state index contributed by atoms with van der Waals surface area (Å²) in [6.07, 6.45) is 0.602. The molecule has 0 aliphatic heterocycles. The summed E-state index contributed by atoms with van der Waals surface area (Å²) in [6.45, 7) is 1.88. The number of hydrogen-bond donors (Lipinski definition) is 2. The normalized spacial score (nSPS) is 13.4. The number of aliphatic hydroxyl groups excluding tert-OH is 1. The van der Waals surface area contributed by atoms with Gasteiger partial charge in [-0.15, -0.1) is 0 Å². The van der Waals surface area contributed by atoms with Crippen LogP contribution in [0.5, 0.6) is 0 Å². The molecule has 0 spiro atoms. The molecule has 0 saturated carbocycles. The van der Waals surface area contributed by atoms with E-state index in [0.29, 0.717) is 6.42 Å². The maximum atomic E-state index is 8.64. The Balaban J connectivity index is 2.50. The summed E-state index contributed by atoms with van der Waals surface area (Å²) in [5, 5.41) is 8.64. The van der Waals surface area contributed by atoms with E-state index in [1.165, 1.54) is 0 Å². The molecule has 1 unspecified atom stereocenters. The van der Waals surface area contributed by atoms with Crippen molar-refractivity contribution in [3.63, 3.8) is 0 Å². The molecule has 0 aromatic carbocycles. The lowest BCUT2D eigenvalue weighted by atomic mass is 10.2. The van der Waals surface area contributed by atoms with Crippen LogP contribution in [-0.4, -0.2) is 17.8 Å². The Morgan fingerprint density at radius 2 is 2.36 bits per heavy atom. The summed E-state index contributed by atoms with van der Waals surface area (Å²) in [7, 11) is 0. The van der Waals surface area contributed by atoms with E-state index in [-0.39, 0.29) is 12.6 Å². The monoisotopic (exact) mass is 155 g/mol. The fourth-order valence-corrected chi connectivity index (χ4v) is 0.918. The predicted molar refractivity (Wildman–Crippen MR) is 42.2 cm³/mol. The summed E-state index contributed by atoms with van der Waals surface area (Å²) in [4.78, 5) is 0. The van der Waals surface area contributed by atoms with Crippen LogP contribution in [0.4, 0.5) is 0 Å². The summed E-state index contributed by atoms with van der Waals surface area (Å²) >= 11 is 0. The van der Waals surface area contributed by atoms with Gasteiger partial charge in [0, 0.05) is 12.5 Å². The average Bonchev–Trinajstić information content (AvgIpc) is 2.35. The molecule has 0 aliphatic carbocycles. The molecule has 0 bridgehead atoms. The third-order valence-corrected chi connectivity index (χ3v) is 1.49. The van der Waals surface area contributed by atoms with E-state index in [9.17, 15) is 0 Å². The number of nitrogens with two attached hydrogens (primary N) is 1. The Labute approximate surface area is 65.8 Å². The highest BCUT2D eigenvalue weighted by molar-refractivity contribution is 5.06. The van der Waals surface area contributed by atoms with Gasteiger partial charge >= 0.3 is 0 Å². The number of furan rings is 1. The third-order valence-electron chi connectivity index (χ3n) is 1.49. The van der Waals surface area contributed by atoms with Crippen molar-refractivity contribution in [2.24, 2.45) is 5.73 Å². The number of rotatable bonds is 3. The SMILES string of the molecule is Cc1ccc(CC(N)CO)o1. The Bertz CT molecular complexity index is 220. The molecule has 0 amide bonds. The molecule has 0 radical (unpaired) electrons. The second-order valence-electron chi connectivity index (χ2n) is 2.66. The van der Waals surface area contributed by atoms with Crippen molar-refractivity contribution in [1.29, 1.82) is 0 Å². The Kier molecular flexibility index (Phi) is 2.68. The van der Waals surface area contributed by atoms with E-state index < -0.39 is 0 Å². The van der Waals surface area contributed by atoms with E-state index in [2.05, 4.69) is 0 Å². The van der Waals surface area contributed by atoms with E-state index in [0.717, 1.165) is 11.5 Å². The maximum absolute atomic E-state index is 8.64. The zero-order valence-corrected chi connectivity index (χ0v) is 6.58. The number of aryl methyl sites for hydroxylation is 1. The molecule has 62 valence electrons. The molecule has 3 nitrogen and oxygen atoms in total. The average molecular weight is 155 g/mol. The van der Waals surface area contributed by atoms with E-state index in [1.807, 2.05) is 19.1 Å². The smallest absolute Gasteiger partial charge is 0.105 e. The first kappa shape index (κ1) is 8.30. The van der Waals surface area contributed by atoms with Crippen LogP contribution in [-0.2, 0) is 6.42 Å². The van der Waals surface area contributed by atoms with Gasteiger partial charge in [0.2, 0.25) is 0 Å². The van der Waals surface area contributed by atoms with Gasteiger partial charge in [0.1, 0.15) is 11.5 Å². The van der Waals surface area contributed by atoms with Crippen LogP contribution < -0.4 is 5.73 Å². The zero-order valence-electron chi connectivity index (χ0n) is 6.58. The Morgan fingerprint density at radius 1 is 1.64 bits per heavy atom. The summed E-state index contributed by atoms with van der Waals surface area (Å²) in [6, 6.07) is 3.56. The van der Waals surface area contributed by atoms with Crippen LogP contribution in [0.2, 0.25) is 0 Å². The topological polar surface area (TPSA) is 59.4 Å². The Morgan fingerprint density at radius 3 is 2.82 bits per heavy atom. The highest BCUT2D eigenvalue weighted by atomic mass is 16.3. The standard InChI is InChI=1S/C8H13NO2/c1-6-2-3-8(11-6)4-7(9)5-10/h2-3,7,10H,4-5,9H2,1H3. The minimum absolute atomic E-state index is 0.000250. The second kappa shape index (κ2) is 3.55. The van der Waals surface area contributed by atoms with Crippen molar-refractivity contribution >= 4 is 0 Å². The van der Waals surface area contributed by atoms with Gasteiger partial charge in [0.25, 0.3) is 0 Å². The van der Waals surface area contributed by atoms with E-state index >= 15 is 0 Å². The van der Waals surface area contributed by atoms with E-state index in [4.69, 9.17) is 15.3 Å². The van der Waals surface area contributed by atoms with Crippen LogP contribution in [0.15, 0.2) is 16.5 Å². The molecule has 0 saturated heterocycles. The van der Waals surface area contributed by atoms with Crippen molar-refractivity contribution < 1.29 is 9.52 Å². The van der Waals surface area contributed by atoms with Crippen molar-refractivity contribution in [3.05, 3.63) is 23.7 Å². The van der Waals surface area contributed by atoms with Crippen LogP contribution >= 0.6 is 0 Å². The minimum atomic E-state index is -0.208. The van der Waals surface area contributed by atoms with Crippen LogP contribution in [0.3, 0.4) is 0 Å². The lowest BCUT2D eigenvalue weighted by Gasteiger charge is -2.03. The van der Waals surface area contributed by atoms with Gasteiger partial charge in [0.15, 0.2) is 0 Å². The minimum Gasteiger partial charge on any atom is -0.466 e. The first-order chi connectivity index (χ1) is 5.22. The largest absolute Gasteiger partial charge is 0.466 e. The highest BCUT2D eigenvalue weighted by Gasteiger charge is 2.04. The second-order valence-corrected chi connectivity index (χ2v) is 2.66. The first-order valence-electron chi connectivity index (χ1n) is 3.64. The Hall–Kier alpha value is -0.800. The van der Waals surface area contributed by atoms with Crippen molar-refractivity contribution in [3.8, 4) is 0 Å². The third kappa shape index (κ3) is 2.37. The quantitative estimate of drug-likeness (QED) is 0.666. The molecular weight excluding hydrogens is 142 g/mol. The molecule has 1 heterocycles. The van der Waals surface area contributed by atoms with Crippen LogP contribution in [0.25, 0.3) is 0 Å². The van der Waals surface area contributed by atoms with Crippen molar-refractivity contribution in [1.82, 2.24) is 0 Å². The lowest BCUT2D eigenvalue weighted by molar-refractivity contribution is 0.260. The van der Waals surface area contributed by atoms with Gasteiger partial charge < -0.3 is 15.3 Å². The van der Waals surface area contributed by atoms with Crippen LogP contribution in [0, 0.1) is 6.92 Å². The van der Waals surface area contributed by atoms with Gasteiger partial charge in [-0.25, -0.2) is 0 Å².